The van der Waals surface area contributed by atoms with Gasteiger partial charge in [-0.05, 0) is 42.5 Å². The highest BCUT2D eigenvalue weighted by Gasteiger charge is 2.22. The lowest BCUT2D eigenvalue weighted by Crippen LogP contribution is -2.47. The van der Waals surface area contributed by atoms with E-state index in [9.17, 15) is 0 Å². The number of benzene rings is 1. The van der Waals surface area contributed by atoms with E-state index in [-0.39, 0.29) is 0 Å². The van der Waals surface area contributed by atoms with Gasteiger partial charge in [0.15, 0.2) is 0 Å². The van der Waals surface area contributed by atoms with Crippen LogP contribution >= 0.6 is 22.9 Å². The number of nitrogens with zero attached hydrogens (tertiary/aromatic N) is 4. The number of thiophene rings is 1. The quantitative estimate of drug-likeness (QED) is 0.684. The monoisotopic (exact) mass is 358 g/mol. The summed E-state index contributed by atoms with van der Waals surface area (Å²) in [6.45, 7) is 8.12. The molecule has 0 atom stereocenters. The van der Waals surface area contributed by atoms with Crippen LogP contribution in [0, 0.1) is 13.8 Å². The van der Waals surface area contributed by atoms with E-state index in [1.165, 1.54) is 22.2 Å². The molecule has 1 fully saturated rings. The lowest BCUT2D eigenvalue weighted by atomic mass is 10.1. The highest BCUT2D eigenvalue weighted by Crippen LogP contribution is 2.32. The number of hydrogen-bond donors (Lipinski definition) is 0. The van der Waals surface area contributed by atoms with Gasteiger partial charge in [-0.3, -0.25) is 0 Å². The maximum atomic E-state index is 6.18. The molecule has 2 aromatic heterocycles. The predicted octanol–water partition coefficient (Wildman–Crippen LogP) is 4.29. The van der Waals surface area contributed by atoms with Crippen LogP contribution in [0.5, 0.6) is 0 Å². The zero-order valence-electron chi connectivity index (χ0n) is 13.8. The average molecular weight is 359 g/mol. The Hall–Kier alpha value is -1.85. The Morgan fingerprint density at radius 3 is 2.54 bits per heavy atom. The number of halogens is 1. The van der Waals surface area contributed by atoms with Gasteiger partial charge in [0.25, 0.3) is 0 Å². The average Bonchev–Trinajstić information content (AvgIpc) is 2.99. The van der Waals surface area contributed by atoms with Gasteiger partial charge in [0.05, 0.1) is 5.39 Å². The van der Waals surface area contributed by atoms with Gasteiger partial charge in [-0.1, -0.05) is 17.7 Å². The van der Waals surface area contributed by atoms with Crippen molar-refractivity contribution < 1.29 is 0 Å². The fraction of sp³-hybridized carbons (Fsp3) is 0.333. The molecule has 124 valence electrons. The van der Waals surface area contributed by atoms with Gasteiger partial charge in [0.2, 0.25) is 0 Å². The Balaban J connectivity index is 1.58. The van der Waals surface area contributed by atoms with Crippen LogP contribution in [0.15, 0.2) is 29.9 Å². The van der Waals surface area contributed by atoms with Crippen molar-refractivity contribution in [3.63, 3.8) is 0 Å². The summed E-state index contributed by atoms with van der Waals surface area (Å²) in [4.78, 5) is 14.8. The van der Waals surface area contributed by atoms with Crippen LogP contribution in [0.1, 0.15) is 11.1 Å². The molecule has 4 rings (SSSR count). The van der Waals surface area contributed by atoms with Crippen molar-refractivity contribution in [1.82, 2.24) is 9.97 Å². The van der Waals surface area contributed by atoms with Gasteiger partial charge in [0, 0.05) is 36.9 Å². The first-order valence-corrected chi connectivity index (χ1v) is 9.34. The molecule has 0 radical (unpaired) electrons. The lowest BCUT2D eigenvalue weighted by molar-refractivity contribution is 0.648. The van der Waals surface area contributed by atoms with Crippen molar-refractivity contribution in [3.05, 3.63) is 46.1 Å². The molecule has 4 nitrogen and oxygen atoms in total. The SMILES string of the molecule is Cc1ccc(Cl)cc1N1CCN(c2ncnc3scc(C)c23)CC1. The number of piperazine rings is 1. The Labute approximate surface area is 150 Å². The zero-order chi connectivity index (χ0) is 16.7. The fourth-order valence-electron chi connectivity index (χ4n) is 3.32. The number of aryl methyl sites for hydroxylation is 2. The van der Waals surface area contributed by atoms with Crippen molar-refractivity contribution in [1.29, 1.82) is 0 Å². The molecule has 0 bridgehead atoms. The van der Waals surface area contributed by atoms with Crippen LogP contribution in [0.4, 0.5) is 11.5 Å². The second-order valence-electron chi connectivity index (χ2n) is 6.20. The summed E-state index contributed by atoms with van der Waals surface area (Å²) >= 11 is 7.87. The van der Waals surface area contributed by atoms with Crippen LogP contribution < -0.4 is 9.80 Å². The maximum Gasteiger partial charge on any atom is 0.141 e. The van der Waals surface area contributed by atoms with E-state index in [0.29, 0.717) is 0 Å². The third kappa shape index (κ3) is 2.72. The summed E-state index contributed by atoms with van der Waals surface area (Å²) in [5, 5.41) is 4.16. The summed E-state index contributed by atoms with van der Waals surface area (Å²) in [5.41, 5.74) is 3.77. The molecule has 0 saturated carbocycles. The summed E-state index contributed by atoms with van der Waals surface area (Å²) < 4.78 is 0. The van der Waals surface area contributed by atoms with Gasteiger partial charge >= 0.3 is 0 Å². The van der Waals surface area contributed by atoms with Crippen molar-refractivity contribution in [2.45, 2.75) is 13.8 Å². The van der Waals surface area contributed by atoms with E-state index in [1.807, 2.05) is 6.07 Å². The molecule has 1 aromatic carbocycles. The number of aromatic nitrogens is 2. The van der Waals surface area contributed by atoms with Crippen LogP contribution in [0.3, 0.4) is 0 Å². The minimum Gasteiger partial charge on any atom is -0.368 e. The van der Waals surface area contributed by atoms with Crippen molar-refractivity contribution in [3.8, 4) is 0 Å². The first-order valence-electron chi connectivity index (χ1n) is 8.08. The van der Waals surface area contributed by atoms with E-state index in [1.54, 1.807) is 17.7 Å². The van der Waals surface area contributed by atoms with E-state index in [4.69, 9.17) is 11.6 Å². The van der Waals surface area contributed by atoms with E-state index < -0.39 is 0 Å². The lowest BCUT2D eigenvalue weighted by Gasteiger charge is -2.37. The van der Waals surface area contributed by atoms with Crippen LogP contribution in [0.2, 0.25) is 5.02 Å². The Kier molecular flexibility index (Phi) is 4.06. The molecule has 1 aliphatic rings. The summed E-state index contributed by atoms with van der Waals surface area (Å²) in [6, 6.07) is 6.11. The van der Waals surface area contributed by atoms with Crippen LogP contribution in [0.25, 0.3) is 10.2 Å². The first-order chi connectivity index (χ1) is 11.6. The minimum atomic E-state index is 0.796. The molecule has 0 aliphatic carbocycles. The van der Waals surface area contributed by atoms with E-state index >= 15 is 0 Å². The first kappa shape index (κ1) is 15.7. The van der Waals surface area contributed by atoms with Crippen molar-refractivity contribution >= 4 is 44.7 Å². The van der Waals surface area contributed by atoms with Crippen molar-refractivity contribution in [2.24, 2.45) is 0 Å². The standard InChI is InChI=1S/C18H19ClN4S/c1-12-3-4-14(19)9-15(12)22-5-7-23(8-6-22)17-16-13(2)10-24-18(16)21-11-20-17/h3-4,9-11H,5-8H2,1-2H3. The highest BCUT2D eigenvalue weighted by molar-refractivity contribution is 7.17. The molecule has 0 unspecified atom stereocenters. The molecule has 0 N–H and O–H groups in total. The fourth-order valence-corrected chi connectivity index (χ4v) is 4.37. The van der Waals surface area contributed by atoms with E-state index in [0.717, 1.165) is 41.8 Å². The maximum absolute atomic E-state index is 6.18. The van der Waals surface area contributed by atoms with Gasteiger partial charge in [0.1, 0.15) is 17.0 Å². The summed E-state index contributed by atoms with van der Waals surface area (Å²) in [5.74, 6) is 1.07. The molecule has 1 aliphatic heterocycles. The largest absolute Gasteiger partial charge is 0.368 e. The number of rotatable bonds is 2. The highest BCUT2D eigenvalue weighted by atomic mass is 35.5. The van der Waals surface area contributed by atoms with Gasteiger partial charge in [-0.25, -0.2) is 9.97 Å². The molecule has 24 heavy (non-hydrogen) atoms. The number of anilines is 2. The smallest absolute Gasteiger partial charge is 0.141 e. The molecule has 0 spiro atoms. The Bertz CT molecular complexity index is 884. The van der Waals surface area contributed by atoms with Crippen LogP contribution in [-0.4, -0.2) is 36.1 Å². The summed E-state index contributed by atoms with van der Waals surface area (Å²) in [6.07, 6.45) is 1.68. The van der Waals surface area contributed by atoms with E-state index in [2.05, 4.69) is 51.1 Å². The Morgan fingerprint density at radius 1 is 1.00 bits per heavy atom. The third-order valence-corrected chi connectivity index (χ3v) is 5.86. The molecular weight excluding hydrogens is 340 g/mol. The van der Waals surface area contributed by atoms with Gasteiger partial charge in [-0.15, -0.1) is 11.3 Å². The number of hydrogen-bond acceptors (Lipinski definition) is 5. The van der Waals surface area contributed by atoms with Gasteiger partial charge in [-0.2, -0.15) is 0 Å². The molecular formula is C18H19ClN4S. The molecule has 0 amide bonds. The second-order valence-corrected chi connectivity index (χ2v) is 7.50. The van der Waals surface area contributed by atoms with Gasteiger partial charge < -0.3 is 9.80 Å². The summed E-state index contributed by atoms with van der Waals surface area (Å²) in [7, 11) is 0. The molecule has 1 saturated heterocycles. The molecule has 3 aromatic rings. The molecule has 3 heterocycles. The predicted molar refractivity (Wildman–Crippen MR) is 103 cm³/mol. The molecule has 6 heteroatoms. The Morgan fingerprint density at radius 2 is 1.75 bits per heavy atom. The topological polar surface area (TPSA) is 32.3 Å². The second kappa shape index (κ2) is 6.22. The van der Waals surface area contributed by atoms with Crippen molar-refractivity contribution in [2.75, 3.05) is 36.0 Å². The third-order valence-electron chi connectivity index (χ3n) is 4.63. The van der Waals surface area contributed by atoms with Crippen LogP contribution in [-0.2, 0) is 0 Å². The number of fused-ring (bicyclic) bond motifs is 1. The zero-order valence-corrected chi connectivity index (χ0v) is 15.4. The minimum absolute atomic E-state index is 0.796. The normalized spacial score (nSPS) is 15.3.